The van der Waals surface area contributed by atoms with Crippen molar-refractivity contribution in [3.8, 4) is 5.75 Å². The van der Waals surface area contributed by atoms with Gasteiger partial charge in [-0.2, -0.15) is 0 Å². The molecule has 0 saturated heterocycles. The lowest BCUT2D eigenvalue weighted by molar-refractivity contribution is -0.121. The van der Waals surface area contributed by atoms with Gasteiger partial charge in [-0.3, -0.25) is 4.79 Å². The van der Waals surface area contributed by atoms with Crippen molar-refractivity contribution in [3.05, 3.63) is 29.8 Å². The summed E-state index contributed by atoms with van der Waals surface area (Å²) in [5.41, 5.74) is 1.07. The van der Waals surface area contributed by atoms with Gasteiger partial charge in [0.1, 0.15) is 5.75 Å². The van der Waals surface area contributed by atoms with Gasteiger partial charge >= 0.3 is 0 Å². The van der Waals surface area contributed by atoms with E-state index in [1.54, 1.807) is 7.11 Å². The normalized spacial score (nSPS) is 17.8. The van der Waals surface area contributed by atoms with Crippen LogP contribution in [0.25, 0.3) is 0 Å². The molecule has 0 saturated carbocycles. The minimum atomic E-state index is 0.00260. The molecule has 5 nitrogen and oxygen atoms in total. The Morgan fingerprint density at radius 3 is 3.15 bits per heavy atom. The maximum atomic E-state index is 11.9. The quantitative estimate of drug-likeness (QED) is 0.769. The molecule has 1 heterocycles. The molecule has 20 heavy (non-hydrogen) atoms. The van der Waals surface area contributed by atoms with Crippen LogP contribution in [0.2, 0.25) is 0 Å². The highest BCUT2D eigenvalue weighted by Gasteiger charge is 2.20. The molecule has 1 aliphatic rings. The summed E-state index contributed by atoms with van der Waals surface area (Å²) in [6, 6.07) is 7.94. The number of benzene rings is 1. The Labute approximate surface area is 119 Å². The minimum absolute atomic E-state index is 0.00260. The van der Waals surface area contributed by atoms with Gasteiger partial charge in [0.15, 0.2) is 0 Å². The van der Waals surface area contributed by atoms with Crippen molar-refractivity contribution in [2.75, 3.05) is 33.4 Å². The lowest BCUT2D eigenvalue weighted by Crippen LogP contribution is -2.37. The van der Waals surface area contributed by atoms with Crippen LogP contribution < -0.4 is 15.4 Å². The number of ether oxygens (including phenoxy) is 2. The summed E-state index contributed by atoms with van der Waals surface area (Å²) in [6.07, 6.45) is 1.84. The molecule has 1 aromatic rings. The largest absolute Gasteiger partial charge is 0.493 e. The molecule has 110 valence electrons. The fourth-order valence-corrected chi connectivity index (χ4v) is 2.30. The summed E-state index contributed by atoms with van der Waals surface area (Å²) in [6.45, 7) is 2.29. The molecule has 5 heteroatoms. The van der Waals surface area contributed by atoms with Crippen LogP contribution in [0.3, 0.4) is 0 Å². The van der Waals surface area contributed by atoms with E-state index in [1.807, 2.05) is 24.3 Å². The van der Waals surface area contributed by atoms with Crippen molar-refractivity contribution >= 4 is 5.91 Å². The third-order valence-electron chi connectivity index (χ3n) is 3.29. The van der Waals surface area contributed by atoms with Gasteiger partial charge in [0, 0.05) is 19.2 Å². The average Bonchev–Trinajstić information content (AvgIpc) is 2.67. The highest BCUT2D eigenvalue weighted by Crippen LogP contribution is 2.30. The molecule has 0 spiro atoms. The molecule has 1 amide bonds. The van der Waals surface area contributed by atoms with Gasteiger partial charge in [0.05, 0.1) is 25.8 Å². The van der Waals surface area contributed by atoms with Crippen molar-refractivity contribution in [1.29, 1.82) is 0 Å². The molecule has 2 rings (SSSR count). The number of amides is 1. The van der Waals surface area contributed by atoms with Gasteiger partial charge in [-0.05, 0) is 18.9 Å². The predicted octanol–water partition coefficient (Wildman–Crippen LogP) is 1.25. The van der Waals surface area contributed by atoms with Gasteiger partial charge in [-0.25, -0.2) is 0 Å². The summed E-state index contributed by atoms with van der Waals surface area (Å²) in [7, 11) is 1.64. The number of hydrogen-bond donors (Lipinski definition) is 2. The molecule has 0 aliphatic carbocycles. The maximum Gasteiger partial charge on any atom is 0.234 e. The summed E-state index contributed by atoms with van der Waals surface area (Å²) < 4.78 is 10.6. The summed E-state index contributed by atoms with van der Waals surface area (Å²) in [5.74, 6) is 0.880. The molecule has 0 radical (unpaired) electrons. The highest BCUT2D eigenvalue weighted by molar-refractivity contribution is 5.78. The van der Waals surface area contributed by atoms with Crippen LogP contribution in [0.5, 0.6) is 5.75 Å². The fraction of sp³-hybridized carbons (Fsp3) is 0.533. The number of fused-ring (bicyclic) bond motifs is 1. The molecule has 0 fully saturated rings. The summed E-state index contributed by atoms with van der Waals surface area (Å²) in [5, 5.41) is 6.12. The van der Waals surface area contributed by atoms with Gasteiger partial charge in [-0.1, -0.05) is 18.2 Å². The Morgan fingerprint density at radius 2 is 2.30 bits per heavy atom. The molecular weight excluding hydrogens is 256 g/mol. The molecule has 1 unspecified atom stereocenters. The molecule has 0 aromatic heterocycles. The average molecular weight is 278 g/mol. The summed E-state index contributed by atoms with van der Waals surface area (Å²) >= 11 is 0. The number of methoxy groups -OCH3 is 1. The van der Waals surface area contributed by atoms with E-state index in [4.69, 9.17) is 9.47 Å². The van der Waals surface area contributed by atoms with Crippen LogP contribution in [0, 0.1) is 0 Å². The van der Waals surface area contributed by atoms with Crippen molar-refractivity contribution in [1.82, 2.24) is 10.6 Å². The van der Waals surface area contributed by atoms with Gasteiger partial charge in [0.25, 0.3) is 0 Å². The lowest BCUT2D eigenvalue weighted by atomic mass is 10.0. The first-order chi connectivity index (χ1) is 9.81. The molecule has 1 aromatic carbocycles. The van der Waals surface area contributed by atoms with Crippen LogP contribution in [-0.4, -0.2) is 39.3 Å². The Bertz CT molecular complexity index is 437. The number of rotatable bonds is 6. The predicted molar refractivity (Wildman–Crippen MR) is 76.8 cm³/mol. The second-order valence-electron chi connectivity index (χ2n) is 4.82. The lowest BCUT2D eigenvalue weighted by Gasteiger charge is -2.18. The first-order valence-corrected chi connectivity index (χ1v) is 7.02. The Kier molecular flexibility index (Phi) is 5.83. The topological polar surface area (TPSA) is 59.6 Å². The molecule has 2 N–H and O–H groups in total. The number of carbonyl (C=O) groups is 1. The molecular formula is C15H22N2O3. The second-order valence-corrected chi connectivity index (χ2v) is 4.82. The van der Waals surface area contributed by atoms with Crippen LogP contribution >= 0.6 is 0 Å². The first-order valence-electron chi connectivity index (χ1n) is 7.02. The fourth-order valence-electron chi connectivity index (χ4n) is 2.30. The van der Waals surface area contributed by atoms with Gasteiger partial charge < -0.3 is 20.1 Å². The summed E-state index contributed by atoms with van der Waals surface area (Å²) in [4.78, 5) is 11.9. The van der Waals surface area contributed by atoms with Crippen LogP contribution in [0.15, 0.2) is 24.3 Å². The minimum Gasteiger partial charge on any atom is -0.493 e. The van der Waals surface area contributed by atoms with Crippen molar-refractivity contribution in [2.24, 2.45) is 0 Å². The molecule has 1 aliphatic heterocycles. The van der Waals surface area contributed by atoms with E-state index < -0.39 is 0 Å². The van der Waals surface area contributed by atoms with Crippen molar-refractivity contribution in [2.45, 2.75) is 18.9 Å². The smallest absolute Gasteiger partial charge is 0.234 e. The first kappa shape index (κ1) is 14.8. The van der Waals surface area contributed by atoms with Crippen LogP contribution in [0.1, 0.15) is 24.4 Å². The van der Waals surface area contributed by atoms with Crippen molar-refractivity contribution in [3.63, 3.8) is 0 Å². The monoisotopic (exact) mass is 278 g/mol. The number of hydrogen-bond acceptors (Lipinski definition) is 4. The third kappa shape index (κ3) is 4.21. The van der Waals surface area contributed by atoms with E-state index in [0.717, 1.165) is 24.2 Å². The van der Waals surface area contributed by atoms with E-state index in [9.17, 15) is 4.79 Å². The van der Waals surface area contributed by atoms with Gasteiger partial charge in [-0.15, -0.1) is 0 Å². The SMILES string of the molecule is COCCNCC(=O)NC1CCCOc2ccccc21. The zero-order chi connectivity index (χ0) is 14.2. The van der Waals surface area contributed by atoms with E-state index in [1.165, 1.54) is 0 Å². The van der Waals surface area contributed by atoms with E-state index >= 15 is 0 Å². The van der Waals surface area contributed by atoms with E-state index in [0.29, 0.717) is 26.3 Å². The number of carbonyl (C=O) groups excluding carboxylic acids is 1. The standard InChI is InChI=1S/C15H22N2O3/c1-19-10-8-16-11-15(18)17-13-6-4-9-20-14-7-3-2-5-12(13)14/h2-3,5,7,13,16H,4,6,8-11H2,1H3,(H,17,18). The Hall–Kier alpha value is -1.59. The third-order valence-corrected chi connectivity index (χ3v) is 3.29. The Morgan fingerprint density at radius 1 is 1.45 bits per heavy atom. The van der Waals surface area contributed by atoms with E-state index in [2.05, 4.69) is 10.6 Å². The second kappa shape index (κ2) is 7.87. The molecule has 0 bridgehead atoms. The van der Waals surface area contributed by atoms with Crippen LogP contribution in [0.4, 0.5) is 0 Å². The van der Waals surface area contributed by atoms with E-state index in [-0.39, 0.29) is 11.9 Å². The maximum absolute atomic E-state index is 11.9. The molecule has 1 atom stereocenters. The van der Waals surface area contributed by atoms with Gasteiger partial charge in [0.2, 0.25) is 5.91 Å². The number of para-hydroxylation sites is 1. The highest BCUT2D eigenvalue weighted by atomic mass is 16.5. The number of nitrogens with one attached hydrogen (secondary N) is 2. The van der Waals surface area contributed by atoms with Crippen LogP contribution in [-0.2, 0) is 9.53 Å². The zero-order valence-corrected chi connectivity index (χ0v) is 11.9. The van der Waals surface area contributed by atoms with Crippen molar-refractivity contribution < 1.29 is 14.3 Å². The Balaban J connectivity index is 1.90. The zero-order valence-electron chi connectivity index (χ0n) is 11.9.